The summed E-state index contributed by atoms with van der Waals surface area (Å²) >= 11 is 0. The first-order valence-corrected chi connectivity index (χ1v) is 10.3. The van der Waals surface area contributed by atoms with E-state index in [9.17, 15) is 18.4 Å². The molecule has 2 N–H and O–H groups in total. The molecule has 0 spiro atoms. The number of rotatable bonds is 8. The topological polar surface area (TPSA) is 78.9 Å². The average Bonchev–Trinajstić information content (AvgIpc) is 2.73. The third kappa shape index (κ3) is 6.75. The second-order valence-electron chi connectivity index (χ2n) is 7.78. The van der Waals surface area contributed by atoms with E-state index in [-0.39, 0.29) is 18.2 Å². The molecule has 166 valence electrons. The van der Waals surface area contributed by atoms with Crippen LogP contribution >= 0.6 is 0 Å². The first-order chi connectivity index (χ1) is 14.9. The zero-order chi connectivity index (χ0) is 22.2. The number of benzene rings is 2. The molecule has 0 aliphatic heterocycles. The Morgan fingerprint density at radius 1 is 0.968 bits per heavy atom. The van der Waals surface area contributed by atoms with Crippen LogP contribution in [-0.4, -0.2) is 36.9 Å². The Morgan fingerprint density at radius 2 is 1.58 bits per heavy atom. The van der Waals surface area contributed by atoms with Crippen LogP contribution in [0.2, 0.25) is 0 Å². The van der Waals surface area contributed by atoms with Crippen molar-refractivity contribution >= 4 is 23.4 Å². The second-order valence-corrected chi connectivity index (χ2v) is 7.78. The third-order valence-corrected chi connectivity index (χ3v) is 5.41. The van der Waals surface area contributed by atoms with Crippen molar-refractivity contribution in [2.45, 2.75) is 25.7 Å². The lowest BCUT2D eigenvalue weighted by Gasteiger charge is -2.29. The van der Waals surface area contributed by atoms with Crippen molar-refractivity contribution in [1.29, 1.82) is 0 Å². The maximum atomic E-state index is 13.8. The van der Waals surface area contributed by atoms with Gasteiger partial charge in [-0.25, -0.2) is 18.4 Å². The number of carbonyl (C=O) groups is 2. The molecule has 2 aromatic rings. The Hall–Kier alpha value is -3.00. The molecule has 2 aromatic carbocycles. The van der Waals surface area contributed by atoms with Crippen LogP contribution in [0.5, 0.6) is 0 Å². The molecule has 0 saturated heterocycles. The van der Waals surface area contributed by atoms with Crippen molar-refractivity contribution < 1.29 is 28.2 Å². The van der Waals surface area contributed by atoms with Gasteiger partial charge in [-0.2, -0.15) is 0 Å². The Bertz CT molecular complexity index is 866. The van der Waals surface area contributed by atoms with Gasteiger partial charge in [0, 0.05) is 12.6 Å². The van der Waals surface area contributed by atoms with Crippen LogP contribution in [0.15, 0.2) is 48.5 Å². The molecule has 8 heteroatoms. The number of hydrogen-bond acceptors (Lipinski definition) is 3. The predicted octanol–water partition coefficient (Wildman–Crippen LogP) is 4.72. The summed E-state index contributed by atoms with van der Waals surface area (Å²) in [5.74, 6) is -1.89. The fourth-order valence-corrected chi connectivity index (χ4v) is 3.85. The molecule has 0 unspecified atom stereocenters. The highest BCUT2D eigenvalue weighted by Crippen LogP contribution is 2.30. The quantitative estimate of drug-likeness (QED) is 0.633. The summed E-state index contributed by atoms with van der Waals surface area (Å²) in [6.07, 6.45) is 3.58. The highest BCUT2D eigenvalue weighted by atomic mass is 19.1. The van der Waals surface area contributed by atoms with E-state index in [4.69, 9.17) is 9.84 Å². The van der Waals surface area contributed by atoms with E-state index in [1.165, 1.54) is 4.90 Å². The zero-order valence-corrected chi connectivity index (χ0v) is 17.1. The summed E-state index contributed by atoms with van der Waals surface area (Å²) in [5, 5.41) is 11.5. The van der Waals surface area contributed by atoms with E-state index >= 15 is 0 Å². The highest BCUT2D eigenvalue weighted by Gasteiger charge is 2.24. The number of carbonyl (C=O) groups excluding carboxylic acids is 1. The van der Waals surface area contributed by atoms with Crippen LogP contribution < -0.4 is 10.2 Å². The number of nitrogens with zero attached hydrogens (tertiary/aromatic N) is 1. The van der Waals surface area contributed by atoms with E-state index in [1.807, 2.05) is 0 Å². The standard InChI is InChI=1S/C23H26F2N2O4/c24-18-10-19(25)12-21(11-18)27(20-4-2-1-3-5-20)23(30)26-13-16-6-8-17(9-7-16)14-31-15-22(28)29/h1-5,10-12,16-17H,6-9,13-15H2,(H,26,30)(H,28,29). The zero-order valence-electron chi connectivity index (χ0n) is 17.1. The molecule has 1 saturated carbocycles. The number of hydrogen-bond donors (Lipinski definition) is 2. The number of carboxylic acids is 1. The Kier molecular flexibility index (Phi) is 7.94. The number of aliphatic carboxylic acids is 1. The fraction of sp³-hybridized carbons (Fsp3) is 0.391. The lowest BCUT2D eigenvalue weighted by Crippen LogP contribution is -2.40. The Balaban J connectivity index is 1.58. The number of carboxylic acid groups (broad SMARTS) is 1. The van der Waals surface area contributed by atoms with Crippen LogP contribution in [0, 0.1) is 23.5 Å². The molecule has 3 rings (SSSR count). The van der Waals surface area contributed by atoms with E-state index in [0.29, 0.717) is 24.8 Å². The van der Waals surface area contributed by atoms with Crippen LogP contribution in [0.25, 0.3) is 0 Å². The molecule has 2 amide bonds. The molecule has 1 fully saturated rings. The molecule has 0 bridgehead atoms. The van der Waals surface area contributed by atoms with Crippen molar-refractivity contribution in [1.82, 2.24) is 5.32 Å². The van der Waals surface area contributed by atoms with E-state index in [0.717, 1.165) is 43.9 Å². The number of para-hydroxylation sites is 1. The molecule has 0 atom stereocenters. The molecule has 0 aromatic heterocycles. The molecular weight excluding hydrogens is 406 g/mol. The number of anilines is 2. The van der Waals surface area contributed by atoms with Gasteiger partial charge >= 0.3 is 12.0 Å². The van der Waals surface area contributed by atoms with Crippen LogP contribution in [-0.2, 0) is 9.53 Å². The van der Waals surface area contributed by atoms with Crippen molar-refractivity contribution in [2.24, 2.45) is 11.8 Å². The first kappa shape index (κ1) is 22.7. The molecule has 0 heterocycles. The van der Waals surface area contributed by atoms with Crippen LogP contribution in [0.3, 0.4) is 0 Å². The monoisotopic (exact) mass is 432 g/mol. The summed E-state index contributed by atoms with van der Waals surface area (Å²) in [7, 11) is 0. The first-order valence-electron chi connectivity index (χ1n) is 10.3. The Morgan fingerprint density at radius 3 is 2.19 bits per heavy atom. The van der Waals surface area contributed by atoms with Crippen LogP contribution in [0.4, 0.5) is 25.0 Å². The van der Waals surface area contributed by atoms with Crippen molar-refractivity contribution in [3.8, 4) is 0 Å². The Labute approximate surface area is 179 Å². The van der Waals surface area contributed by atoms with Crippen molar-refractivity contribution in [2.75, 3.05) is 24.7 Å². The molecule has 1 aliphatic carbocycles. The summed E-state index contributed by atoms with van der Waals surface area (Å²) in [6, 6.07) is 11.2. The molecule has 6 nitrogen and oxygen atoms in total. The SMILES string of the molecule is O=C(O)COCC1CCC(CNC(=O)N(c2ccccc2)c2cc(F)cc(F)c2)CC1. The van der Waals surface area contributed by atoms with Gasteiger partial charge in [-0.15, -0.1) is 0 Å². The minimum absolute atomic E-state index is 0.112. The number of amides is 2. The molecule has 1 aliphatic rings. The van der Waals surface area contributed by atoms with Gasteiger partial charge < -0.3 is 15.2 Å². The third-order valence-electron chi connectivity index (χ3n) is 5.41. The summed E-state index contributed by atoms with van der Waals surface area (Å²) in [5.41, 5.74) is 0.616. The lowest BCUT2D eigenvalue weighted by atomic mass is 9.82. The van der Waals surface area contributed by atoms with Crippen molar-refractivity contribution in [3.63, 3.8) is 0 Å². The van der Waals surface area contributed by atoms with E-state index in [2.05, 4.69) is 5.32 Å². The van der Waals surface area contributed by atoms with Crippen LogP contribution in [0.1, 0.15) is 25.7 Å². The molecule has 0 radical (unpaired) electrons. The summed E-state index contributed by atoms with van der Waals surface area (Å²) in [4.78, 5) is 24.8. The number of halogens is 2. The largest absolute Gasteiger partial charge is 0.480 e. The average molecular weight is 432 g/mol. The number of nitrogens with one attached hydrogen (secondary N) is 1. The number of urea groups is 1. The second kappa shape index (κ2) is 10.9. The van der Waals surface area contributed by atoms with Gasteiger partial charge in [-0.05, 0) is 61.8 Å². The van der Waals surface area contributed by atoms with Gasteiger partial charge in [0.2, 0.25) is 0 Å². The van der Waals surface area contributed by atoms with Gasteiger partial charge in [0.15, 0.2) is 0 Å². The highest BCUT2D eigenvalue weighted by molar-refractivity contribution is 5.99. The number of ether oxygens (including phenoxy) is 1. The van der Waals surface area contributed by atoms with Gasteiger partial charge in [0.05, 0.1) is 18.0 Å². The maximum Gasteiger partial charge on any atom is 0.329 e. The van der Waals surface area contributed by atoms with Crippen molar-refractivity contribution in [3.05, 3.63) is 60.2 Å². The minimum Gasteiger partial charge on any atom is -0.480 e. The summed E-state index contributed by atoms with van der Waals surface area (Å²) in [6.45, 7) is 0.590. The predicted molar refractivity (Wildman–Crippen MR) is 112 cm³/mol. The lowest BCUT2D eigenvalue weighted by molar-refractivity contribution is -0.142. The van der Waals surface area contributed by atoms with E-state index in [1.54, 1.807) is 30.3 Å². The smallest absolute Gasteiger partial charge is 0.329 e. The normalized spacial score (nSPS) is 18.4. The van der Waals surface area contributed by atoms with Gasteiger partial charge in [-0.1, -0.05) is 18.2 Å². The minimum atomic E-state index is -0.974. The van der Waals surface area contributed by atoms with Gasteiger partial charge in [0.1, 0.15) is 18.2 Å². The maximum absolute atomic E-state index is 13.8. The molecule has 31 heavy (non-hydrogen) atoms. The fourth-order valence-electron chi connectivity index (χ4n) is 3.85. The van der Waals surface area contributed by atoms with Gasteiger partial charge in [0.25, 0.3) is 0 Å². The summed E-state index contributed by atoms with van der Waals surface area (Å²) < 4.78 is 32.7. The van der Waals surface area contributed by atoms with Gasteiger partial charge in [-0.3, -0.25) is 4.90 Å². The molecular formula is C23H26F2N2O4. The van der Waals surface area contributed by atoms with E-state index < -0.39 is 23.6 Å².